The monoisotopic (exact) mass is 474 g/mol. The second-order valence-corrected chi connectivity index (χ2v) is 8.90. The van der Waals surface area contributed by atoms with Gasteiger partial charge in [0, 0.05) is 48.9 Å². The van der Waals surface area contributed by atoms with Crippen molar-refractivity contribution in [3.8, 4) is 0 Å². The van der Waals surface area contributed by atoms with E-state index in [4.69, 9.17) is 14.9 Å². The van der Waals surface area contributed by atoms with E-state index < -0.39 is 11.9 Å². The van der Waals surface area contributed by atoms with Gasteiger partial charge in [-0.05, 0) is 43.9 Å². The van der Waals surface area contributed by atoms with E-state index in [1.807, 2.05) is 25.1 Å². The second-order valence-electron chi connectivity index (χ2n) is 7.72. The molecule has 0 radical (unpaired) electrons. The van der Waals surface area contributed by atoms with Crippen LogP contribution in [0.3, 0.4) is 0 Å². The number of hydrogen-bond donors (Lipinski definition) is 4. The summed E-state index contributed by atoms with van der Waals surface area (Å²) in [6.07, 6.45) is 4.43. The number of carboxylic acid groups (broad SMARTS) is 2. The molecule has 1 saturated carbocycles. The number of benzene rings is 1. The third kappa shape index (κ3) is 8.04. The van der Waals surface area contributed by atoms with E-state index in [2.05, 4.69) is 26.9 Å². The molecule has 0 unspecified atom stereocenters. The van der Waals surface area contributed by atoms with Crippen molar-refractivity contribution in [2.45, 2.75) is 44.2 Å². The van der Waals surface area contributed by atoms with E-state index in [0.29, 0.717) is 40.8 Å². The van der Waals surface area contributed by atoms with Gasteiger partial charge in [0.1, 0.15) is 5.01 Å². The van der Waals surface area contributed by atoms with Crippen molar-refractivity contribution in [1.29, 1.82) is 0 Å². The Morgan fingerprint density at radius 2 is 1.82 bits per heavy atom. The zero-order chi connectivity index (χ0) is 23.8. The number of amides is 1. The van der Waals surface area contributed by atoms with Crippen LogP contribution >= 0.6 is 11.3 Å². The van der Waals surface area contributed by atoms with Crippen LogP contribution in [0.25, 0.3) is 0 Å². The van der Waals surface area contributed by atoms with Crippen molar-refractivity contribution in [3.63, 3.8) is 0 Å². The summed E-state index contributed by atoms with van der Waals surface area (Å²) in [4.78, 5) is 31.5. The third-order valence-corrected chi connectivity index (χ3v) is 5.91. The SMILES string of the molecule is Cc1nnc(NC(=O)c2cccc([C@@H]3C[C@H]3NC3CCOCC3)c2)s1.O=C(O)/C=C/C(=O)O. The van der Waals surface area contributed by atoms with Gasteiger partial charge < -0.3 is 20.3 Å². The molecule has 2 heterocycles. The Kier molecular flexibility index (Phi) is 8.64. The van der Waals surface area contributed by atoms with Gasteiger partial charge in [-0.15, -0.1) is 10.2 Å². The van der Waals surface area contributed by atoms with Gasteiger partial charge in [0.05, 0.1) is 0 Å². The highest BCUT2D eigenvalue weighted by atomic mass is 32.1. The molecule has 1 saturated heterocycles. The van der Waals surface area contributed by atoms with Crippen LogP contribution in [0.4, 0.5) is 5.13 Å². The first-order chi connectivity index (χ1) is 15.8. The first-order valence-electron chi connectivity index (χ1n) is 10.5. The Bertz CT molecular complexity index is 1000. The van der Waals surface area contributed by atoms with E-state index in [1.165, 1.54) is 16.9 Å². The quantitative estimate of drug-likeness (QED) is 0.444. The molecule has 0 bridgehead atoms. The van der Waals surface area contributed by atoms with Gasteiger partial charge in [-0.25, -0.2) is 9.59 Å². The Labute approximate surface area is 194 Å². The number of anilines is 1. The highest BCUT2D eigenvalue weighted by molar-refractivity contribution is 7.15. The predicted molar refractivity (Wildman–Crippen MR) is 122 cm³/mol. The molecule has 2 fully saturated rings. The fourth-order valence-corrected chi connectivity index (χ4v) is 4.07. The van der Waals surface area contributed by atoms with E-state index in [9.17, 15) is 14.4 Å². The zero-order valence-corrected chi connectivity index (χ0v) is 18.9. The number of carbonyl (C=O) groups is 3. The molecule has 0 spiro atoms. The van der Waals surface area contributed by atoms with Crippen LogP contribution in [0.15, 0.2) is 36.4 Å². The molecule has 4 rings (SSSR count). The summed E-state index contributed by atoms with van der Waals surface area (Å²) in [6, 6.07) is 9.00. The maximum atomic E-state index is 12.4. The van der Waals surface area contributed by atoms with Crippen LogP contribution in [-0.2, 0) is 14.3 Å². The normalized spacial score (nSPS) is 20.0. The molecule has 1 aromatic carbocycles. The van der Waals surface area contributed by atoms with Gasteiger partial charge in [-0.3, -0.25) is 10.1 Å². The number of aliphatic carboxylic acids is 2. The molecule has 4 N–H and O–H groups in total. The number of rotatable bonds is 7. The largest absolute Gasteiger partial charge is 0.478 e. The van der Waals surface area contributed by atoms with Gasteiger partial charge in [0.25, 0.3) is 5.91 Å². The Hall–Kier alpha value is -3.15. The average molecular weight is 475 g/mol. The van der Waals surface area contributed by atoms with Crippen LogP contribution in [0, 0.1) is 6.92 Å². The van der Waals surface area contributed by atoms with Gasteiger partial charge in [0.2, 0.25) is 5.13 Å². The van der Waals surface area contributed by atoms with E-state index >= 15 is 0 Å². The predicted octanol–water partition coefficient (Wildman–Crippen LogP) is 2.44. The molecule has 1 aromatic heterocycles. The summed E-state index contributed by atoms with van der Waals surface area (Å²) in [5.74, 6) is -2.15. The van der Waals surface area contributed by atoms with Gasteiger partial charge in [0.15, 0.2) is 0 Å². The summed E-state index contributed by atoms with van der Waals surface area (Å²) in [5.41, 5.74) is 1.90. The van der Waals surface area contributed by atoms with Crippen LogP contribution < -0.4 is 10.6 Å². The number of aromatic nitrogens is 2. The van der Waals surface area contributed by atoms with Crippen molar-refractivity contribution in [3.05, 3.63) is 52.6 Å². The summed E-state index contributed by atoms with van der Waals surface area (Å²) >= 11 is 1.38. The Morgan fingerprint density at radius 1 is 1.12 bits per heavy atom. The van der Waals surface area contributed by atoms with Crippen LogP contribution in [0.1, 0.15) is 46.1 Å². The maximum Gasteiger partial charge on any atom is 0.328 e. The molecule has 33 heavy (non-hydrogen) atoms. The third-order valence-electron chi connectivity index (χ3n) is 5.15. The molecule has 1 aliphatic carbocycles. The lowest BCUT2D eigenvalue weighted by molar-refractivity contribution is -0.134. The topological polar surface area (TPSA) is 151 Å². The minimum absolute atomic E-state index is 0.132. The number of carboxylic acids is 2. The van der Waals surface area contributed by atoms with Crippen LogP contribution in [-0.4, -0.2) is 63.6 Å². The van der Waals surface area contributed by atoms with Crippen molar-refractivity contribution in [2.24, 2.45) is 0 Å². The van der Waals surface area contributed by atoms with Gasteiger partial charge in [-0.2, -0.15) is 0 Å². The molecular formula is C22H26N4O6S. The van der Waals surface area contributed by atoms with Crippen molar-refractivity contribution < 1.29 is 29.3 Å². The highest BCUT2D eigenvalue weighted by Crippen LogP contribution is 2.41. The summed E-state index contributed by atoms with van der Waals surface area (Å²) in [7, 11) is 0. The number of nitrogens with one attached hydrogen (secondary N) is 2. The number of aryl methyl sites for hydroxylation is 1. The zero-order valence-electron chi connectivity index (χ0n) is 18.1. The van der Waals surface area contributed by atoms with Crippen molar-refractivity contribution in [1.82, 2.24) is 15.5 Å². The standard InChI is InChI=1S/C18H22N4O2S.C4H4O4/c1-11-21-22-18(25-11)20-17(23)13-4-2-3-12(9-13)15-10-16(15)19-14-5-7-24-8-6-14;5-3(6)1-2-4(7)8/h2-4,9,14-16,19H,5-8,10H2,1H3,(H,20,22,23);1-2H,(H,5,6)(H,7,8)/b;2-1+/t15-,16+;/m0./s1. The molecular weight excluding hydrogens is 448 g/mol. The van der Waals surface area contributed by atoms with E-state index in [0.717, 1.165) is 37.5 Å². The first-order valence-corrected chi connectivity index (χ1v) is 11.3. The lowest BCUT2D eigenvalue weighted by Crippen LogP contribution is -2.36. The minimum Gasteiger partial charge on any atom is -0.478 e. The number of carbonyl (C=O) groups excluding carboxylic acids is 1. The fourth-order valence-electron chi connectivity index (χ4n) is 3.48. The fraction of sp³-hybridized carbons (Fsp3) is 0.409. The number of nitrogens with zero attached hydrogens (tertiary/aromatic N) is 2. The van der Waals surface area contributed by atoms with Crippen molar-refractivity contribution >= 4 is 34.3 Å². The smallest absolute Gasteiger partial charge is 0.328 e. The van der Waals surface area contributed by atoms with Gasteiger partial charge in [-0.1, -0.05) is 23.5 Å². The lowest BCUT2D eigenvalue weighted by Gasteiger charge is -2.23. The average Bonchev–Trinajstić information content (AvgIpc) is 3.44. The van der Waals surface area contributed by atoms with Crippen LogP contribution in [0.5, 0.6) is 0 Å². The second kappa shape index (κ2) is 11.6. The molecule has 2 aromatic rings. The minimum atomic E-state index is -1.26. The van der Waals surface area contributed by atoms with E-state index in [-0.39, 0.29) is 5.91 Å². The molecule has 176 valence electrons. The summed E-state index contributed by atoms with van der Waals surface area (Å²) < 4.78 is 5.41. The molecule has 1 amide bonds. The van der Waals surface area contributed by atoms with Gasteiger partial charge >= 0.3 is 11.9 Å². The number of ether oxygens (including phenoxy) is 1. The number of hydrogen-bond acceptors (Lipinski definition) is 8. The highest BCUT2D eigenvalue weighted by Gasteiger charge is 2.39. The Balaban J connectivity index is 0.000000331. The summed E-state index contributed by atoms with van der Waals surface area (Å²) in [5, 5.41) is 31.4. The van der Waals surface area contributed by atoms with E-state index in [1.54, 1.807) is 0 Å². The molecule has 1 aliphatic heterocycles. The molecule has 10 nitrogen and oxygen atoms in total. The van der Waals surface area contributed by atoms with Crippen LogP contribution in [0.2, 0.25) is 0 Å². The first kappa shape index (κ1) is 24.5. The van der Waals surface area contributed by atoms with Crippen molar-refractivity contribution in [2.75, 3.05) is 18.5 Å². The summed E-state index contributed by atoms with van der Waals surface area (Å²) in [6.45, 7) is 3.58. The molecule has 11 heteroatoms. The maximum absolute atomic E-state index is 12.4. The molecule has 2 atom stereocenters. The Morgan fingerprint density at radius 3 is 2.42 bits per heavy atom. The molecule has 2 aliphatic rings. The lowest BCUT2D eigenvalue weighted by atomic mass is 10.1.